The van der Waals surface area contributed by atoms with Gasteiger partial charge in [-0.15, -0.1) is 11.6 Å². The number of fused-ring (bicyclic) bond motifs is 2. The van der Waals surface area contributed by atoms with Crippen LogP contribution in [-0.2, 0) is 52.2 Å². The van der Waals surface area contributed by atoms with Gasteiger partial charge in [-0.05, 0) is 60.1 Å². The third-order valence-corrected chi connectivity index (χ3v) is 12.8. The average molecular weight is 813 g/mol. The fourth-order valence-corrected chi connectivity index (χ4v) is 8.72. The van der Waals surface area contributed by atoms with E-state index in [-0.39, 0.29) is 23.6 Å². The lowest BCUT2D eigenvalue weighted by Gasteiger charge is -2.54. The first-order chi connectivity index (χ1) is 26.2. The predicted octanol–water partition coefficient (Wildman–Crippen LogP) is 3.20. The molecule has 19 atom stereocenters. The SMILES string of the molecule is COC1C=C(C)CC(C=CC#CC2CC2Cl)OC(=O)C(C)C2(O)CC(OC3OC(C)C(O)C(C)(OC4OC(C)C(=O)C(C)(O)C4OC)C3OC)C(C)C(O2)C1C. The molecule has 14 nitrogen and oxygen atoms in total. The molecule has 0 radical (unpaired) electrons. The predicted molar refractivity (Wildman–Crippen MR) is 202 cm³/mol. The summed E-state index contributed by atoms with van der Waals surface area (Å²) in [7, 11) is 4.34. The number of esters is 1. The minimum Gasteiger partial charge on any atom is -0.457 e. The zero-order valence-electron chi connectivity index (χ0n) is 34.3. The highest BCUT2D eigenvalue weighted by Gasteiger charge is 2.61. The Labute approximate surface area is 335 Å². The van der Waals surface area contributed by atoms with Crippen LogP contribution in [0.5, 0.6) is 0 Å². The van der Waals surface area contributed by atoms with Gasteiger partial charge in [0.1, 0.15) is 42.0 Å². The molecule has 56 heavy (non-hydrogen) atoms. The molecule has 4 fully saturated rings. The van der Waals surface area contributed by atoms with Crippen molar-refractivity contribution < 1.29 is 67.5 Å². The topological polar surface area (TPSA) is 178 Å². The number of ether oxygens (including phenoxy) is 9. The molecular formula is C41H61ClO14. The molecule has 19 unspecified atom stereocenters. The molecule has 15 heteroatoms. The highest BCUT2D eigenvalue weighted by molar-refractivity contribution is 6.22. The summed E-state index contributed by atoms with van der Waals surface area (Å²) in [6.45, 7) is 13.5. The van der Waals surface area contributed by atoms with Crippen LogP contribution in [0.25, 0.3) is 0 Å². The van der Waals surface area contributed by atoms with Crippen LogP contribution in [0.2, 0.25) is 0 Å². The van der Waals surface area contributed by atoms with Crippen molar-refractivity contribution in [2.24, 2.45) is 23.7 Å². The number of carbonyl (C=O) groups excluding carboxylic acids is 2. The summed E-state index contributed by atoms with van der Waals surface area (Å²) in [5, 5.41) is 35.1. The van der Waals surface area contributed by atoms with Gasteiger partial charge in [0.2, 0.25) is 0 Å². The number of halogens is 1. The third kappa shape index (κ3) is 9.10. The zero-order chi connectivity index (χ0) is 41.5. The fraction of sp³-hybridized carbons (Fsp3) is 0.805. The highest BCUT2D eigenvalue weighted by Crippen LogP contribution is 2.45. The van der Waals surface area contributed by atoms with E-state index < -0.39 is 108 Å². The Bertz CT molecular complexity index is 1540. The first kappa shape index (κ1) is 45.1. The molecule has 0 amide bonds. The molecule has 0 aromatic rings. The van der Waals surface area contributed by atoms with Gasteiger partial charge in [-0.1, -0.05) is 37.3 Å². The van der Waals surface area contributed by atoms with Crippen molar-refractivity contribution in [3.05, 3.63) is 23.8 Å². The number of ketones is 1. The lowest BCUT2D eigenvalue weighted by atomic mass is 9.77. The molecule has 3 saturated heterocycles. The summed E-state index contributed by atoms with van der Waals surface area (Å²) in [6.07, 6.45) is -4.25. The molecule has 0 spiro atoms. The molecule has 316 valence electrons. The second-order valence-electron chi connectivity index (χ2n) is 16.6. The molecule has 2 bridgehead atoms. The Morgan fingerprint density at radius 1 is 0.964 bits per heavy atom. The molecule has 0 aromatic carbocycles. The lowest BCUT2D eigenvalue weighted by Crippen LogP contribution is -2.71. The van der Waals surface area contributed by atoms with Gasteiger partial charge < -0.3 is 58.0 Å². The van der Waals surface area contributed by atoms with Gasteiger partial charge in [-0.2, -0.15) is 0 Å². The van der Waals surface area contributed by atoms with Crippen molar-refractivity contribution in [3.8, 4) is 11.8 Å². The van der Waals surface area contributed by atoms with E-state index in [1.54, 1.807) is 40.0 Å². The maximum atomic E-state index is 13.8. The Hall–Kier alpha value is -1.97. The van der Waals surface area contributed by atoms with Gasteiger partial charge >= 0.3 is 5.97 Å². The lowest BCUT2D eigenvalue weighted by molar-refractivity contribution is -0.394. The van der Waals surface area contributed by atoms with Crippen LogP contribution in [0, 0.1) is 35.5 Å². The van der Waals surface area contributed by atoms with Crippen molar-refractivity contribution in [3.63, 3.8) is 0 Å². The van der Waals surface area contributed by atoms with Crippen LogP contribution in [0.15, 0.2) is 23.8 Å². The van der Waals surface area contributed by atoms with E-state index in [1.165, 1.54) is 28.1 Å². The second-order valence-corrected chi connectivity index (χ2v) is 17.1. The maximum absolute atomic E-state index is 13.8. The standard InChI is InChI=1S/C41H61ClO14/c1-20-16-27(15-13-12-14-26-18-28(26)42)53-36(45)23(4)41(47)19-30(22(3)31(55-41)21(2)29(17-20)48-9)54-37-35(50-11)40(8,33(44)25(6)51-37)56-38-34(49-10)39(7,46)32(43)24(5)52-38/h13,15,17,21-31,33-35,37-38,44,46-47H,16,18-19H2,1-11H3. The average Bonchev–Trinajstić information content (AvgIpc) is 3.85. The summed E-state index contributed by atoms with van der Waals surface area (Å²) in [4.78, 5) is 26.7. The summed E-state index contributed by atoms with van der Waals surface area (Å²) in [5.74, 6) is 1.08. The van der Waals surface area contributed by atoms with Gasteiger partial charge in [0, 0.05) is 57.3 Å². The van der Waals surface area contributed by atoms with Crippen LogP contribution < -0.4 is 0 Å². The van der Waals surface area contributed by atoms with E-state index in [0.29, 0.717) is 6.42 Å². The van der Waals surface area contributed by atoms with Crippen LogP contribution in [0.1, 0.15) is 74.7 Å². The first-order valence-electron chi connectivity index (χ1n) is 19.5. The van der Waals surface area contributed by atoms with E-state index in [2.05, 4.69) is 11.8 Å². The van der Waals surface area contributed by atoms with Crippen LogP contribution in [0.4, 0.5) is 0 Å². The number of hydrogen-bond donors (Lipinski definition) is 3. The summed E-state index contributed by atoms with van der Waals surface area (Å²) in [6, 6.07) is 0. The number of alkyl halides is 1. The molecule has 5 aliphatic rings. The number of aliphatic hydroxyl groups is 3. The van der Waals surface area contributed by atoms with Crippen molar-refractivity contribution in [2.45, 2.75) is 165 Å². The van der Waals surface area contributed by atoms with E-state index in [9.17, 15) is 24.9 Å². The van der Waals surface area contributed by atoms with Crippen molar-refractivity contribution in [2.75, 3.05) is 21.3 Å². The molecule has 4 aliphatic heterocycles. The van der Waals surface area contributed by atoms with Crippen LogP contribution >= 0.6 is 11.6 Å². The van der Waals surface area contributed by atoms with Gasteiger partial charge in [0.25, 0.3) is 0 Å². The van der Waals surface area contributed by atoms with Gasteiger partial charge in [0.05, 0.1) is 24.4 Å². The van der Waals surface area contributed by atoms with Crippen molar-refractivity contribution in [1.29, 1.82) is 0 Å². The Morgan fingerprint density at radius 3 is 2.23 bits per heavy atom. The Morgan fingerprint density at radius 2 is 1.62 bits per heavy atom. The molecule has 3 N–H and O–H groups in total. The molecule has 5 rings (SSSR count). The number of cyclic esters (lactones) is 1. The Kier molecular flexibility index (Phi) is 14.3. The van der Waals surface area contributed by atoms with Crippen LogP contribution in [-0.4, -0.2) is 138 Å². The van der Waals surface area contributed by atoms with Crippen molar-refractivity contribution >= 4 is 23.4 Å². The quantitative estimate of drug-likeness (QED) is 0.141. The summed E-state index contributed by atoms with van der Waals surface area (Å²) >= 11 is 6.09. The molecule has 4 heterocycles. The van der Waals surface area contributed by atoms with E-state index in [1.807, 2.05) is 26.8 Å². The maximum Gasteiger partial charge on any atom is 0.314 e. The Balaban J connectivity index is 1.45. The van der Waals surface area contributed by atoms with Gasteiger partial charge in [-0.3, -0.25) is 9.59 Å². The minimum absolute atomic E-state index is 0.0676. The van der Waals surface area contributed by atoms with Crippen molar-refractivity contribution in [1.82, 2.24) is 0 Å². The molecule has 1 aliphatic carbocycles. The van der Waals surface area contributed by atoms with Crippen LogP contribution in [0.3, 0.4) is 0 Å². The number of aliphatic hydroxyl groups excluding tert-OH is 1. The molecule has 0 aromatic heterocycles. The zero-order valence-corrected chi connectivity index (χ0v) is 35.1. The number of carbonyl (C=O) groups is 2. The summed E-state index contributed by atoms with van der Waals surface area (Å²) < 4.78 is 55.3. The smallest absolute Gasteiger partial charge is 0.314 e. The number of methoxy groups -OCH3 is 3. The number of Topliss-reactive ketones (excluding diaryl/α,β-unsaturated/α-hetero) is 1. The number of allylic oxidation sites excluding steroid dienone is 1. The molecular weight excluding hydrogens is 752 g/mol. The first-order valence-corrected chi connectivity index (χ1v) is 19.9. The normalized spacial score (nSPS) is 48.9. The second kappa shape index (κ2) is 17.7. The third-order valence-electron chi connectivity index (χ3n) is 12.3. The number of rotatable bonds is 8. The minimum atomic E-state index is -2.04. The largest absolute Gasteiger partial charge is 0.457 e. The molecule has 1 saturated carbocycles. The fourth-order valence-electron chi connectivity index (χ4n) is 8.46. The van der Waals surface area contributed by atoms with E-state index in [4.69, 9.17) is 54.2 Å². The van der Waals surface area contributed by atoms with Gasteiger partial charge in [-0.25, -0.2) is 0 Å². The number of hydrogen-bond acceptors (Lipinski definition) is 14. The van der Waals surface area contributed by atoms with E-state index in [0.717, 1.165) is 12.0 Å². The highest BCUT2D eigenvalue weighted by atomic mass is 35.5. The monoisotopic (exact) mass is 812 g/mol. The van der Waals surface area contributed by atoms with Gasteiger partial charge in [0.15, 0.2) is 29.8 Å². The summed E-state index contributed by atoms with van der Waals surface area (Å²) in [5.41, 5.74) is -2.64. The van der Waals surface area contributed by atoms with E-state index >= 15 is 0 Å².